The molecule has 0 radical (unpaired) electrons. The first-order valence-corrected chi connectivity index (χ1v) is 5.52. The molecule has 0 aliphatic rings. The van der Waals surface area contributed by atoms with Gasteiger partial charge in [0.05, 0.1) is 12.0 Å². The highest BCUT2D eigenvalue weighted by Gasteiger charge is 2.05. The molecule has 0 atom stereocenters. The fourth-order valence-electron chi connectivity index (χ4n) is 1.54. The Morgan fingerprint density at radius 2 is 2.24 bits per heavy atom. The van der Waals surface area contributed by atoms with Crippen LogP contribution in [0.4, 0.5) is 5.82 Å². The molecule has 90 valence electrons. The van der Waals surface area contributed by atoms with E-state index in [0.29, 0.717) is 31.2 Å². The van der Waals surface area contributed by atoms with Crippen LogP contribution in [0.15, 0.2) is 33.5 Å². The predicted molar refractivity (Wildman–Crippen MR) is 65.3 cm³/mol. The molecule has 1 aromatic heterocycles. The smallest absolute Gasteiger partial charge is 0.408 e. The Morgan fingerprint density at radius 1 is 1.41 bits per heavy atom. The van der Waals surface area contributed by atoms with Crippen molar-refractivity contribution in [1.82, 2.24) is 4.98 Å². The Labute approximate surface area is 98.4 Å². The first-order valence-electron chi connectivity index (χ1n) is 5.52. The van der Waals surface area contributed by atoms with Gasteiger partial charge in [-0.2, -0.15) is 4.98 Å². The van der Waals surface area contributed by atoms with Crippen molar-refractivity contribution in [1.29, 1.82) is 0 Å². The summed E-state index contributed by atoms with van der Waals surface area (Å²) < 4.78 is 10.2. The number of hydrogen-bond acceptors (Lipinski definition) is 5. The van der Waals surface area contributed by atoms with Crippen LogP contribution in [0.25, 0.3) is 11.0 Å². The standard InChI is InChI=1S/C12H14N2O3/c1-2-16-8-7-13-11-9-5-3-4-6-10(9)17-12(15)14-11/h3-6H,2,7-8H2,1H3,(H,13,14,15). The molecule has 1 N–H and O–H groups in total. The van der Waals surface area contributed by atoms with Crippen LogP contribution in [-0.2, 0) is 4.74 Å². The van der Waals surface area contributed by atoms with Crippen molar-refractivity contribution in [3.05, 3.63) is 34.8 Å². The zero-order chi connectivity index (χ0) is 12.1. The van der Waals surface area contributed by atoms with Gasteiger partial charge in [-0.3, -0.25) is 0 Å². The molecule has 0 spiro atoms. The van der Waals surface area contributed by atoms with Gasteiger partial charge in [0, 0.05) is 13.2 Å². The third-order valence-corrected chi connectivity index (χ3v) is 2.29. The third kappa shape index (κ3) is 2.82. The van der Waals surface area contributed by atoms with Crippen LogP contribution in [0.1, 0.15) is 6.92 Å². The van der Waals surface area contributed by atoms with Crippen LogP contribution in [-0.4, -0.2) is 24.7 Å². The summed E-state index contributed by atoms with van der Waals surface area (Å²) in [6.07, 6.45) is 0. The van der Waals surface area contributed by atoms with Crippen molar-refractivity contribution >= 4 is 16.8 Å². The summed E-state index contributed by atoms with van der Waals surface area (Å²) in [7, 11) is 0. The van der Waals surface area contributed by atoms with Crippen LogP contribution in [0.2, 0.25) is 0 Å². The molecule has 0 aliphatic carbocycles. The zero-order valence-electron chi connectivity index (χ0n) is 9.60. The first-order chi connectivity index (χ1) is 8.31. The molecule has 0 fully saturated rings. The molecule has 0 saturated heterocycles. The van der Waals surface area contributed by atoms with Crippen molar-refractivity contribution in [3.8, 4) is 0 Å². The predicted octanol–water partition coefficient (Wildman–Crippen LogP) is 1.64. The number of para-hydroxylation sites is 1. The molecule has 1 aromatic carbocycles. The maximum Gasteiger partial charge on any atom is 0.441 e. The van der Waals surface area contributed by atoms with E-state index < -0.39 is 5.76 Å². The summed E-state index contributed by atoms with van der Waals surface area (Å²) in [5.41, 5.74) is 0.534. The highest BCUT2D eigenvalue weighted by atomic mass is 16.5. The van der Waals surface area contributed by atoms with E-state index >= 15 is 0 Å². The fourth-order valence-corrected chi connectivity index (χ4v) is 1.54. The topological polar surface area (TPSA) is 64.4 Å². The van der Waals surface area contributed by atoms with Crippen LogP contribution in [0, 0.1) is 0 Å². The molecule has 0 amide bonds. The van der Waals surface area contributed by atoms with Gasteiger partial charge in [0.1, 0.15) is 11.4 Å². The number of nitrogens with one attached hydrogen (secondary N) is 1. The van der Waals surface area contributed by atoms with Gasteiger partial charge in [-0.05, 0) is 19.1 Å². The molecule has 5 heteroatoms. The Bertz CT molecular complexity index is 551. The minimum atomic E-state index is -0.595. The summed E-state index contributed by atoms with van der Waals surface area (Å²) in [6, 6.07) is 7.29. The van der Waals surface area contributed by atoms with Gasteiger partial charge < -0.3 is 14.5 Å². The molecule has 0 saturated carbocycles. The zero-order valence-corrected chi connectivity index (χ0v) is 9.60. The number of hydrogen-bond donors (Lipinski definition) is 1. The van der Waals surface area contributed by atoms with Crippen molar-refractivity contribution in [2.75, 3.05) is 25.1 Å². The SMILES string of the molecule is CCOCCNc1nc(=O)oc2ccccc12. The summed E-state index contributed by atoms with van der Waals surface area (Å²) in [6.45, 7) is 3.79. The molecule has 5 nitrogen and oxygen atoms in total. The van der Waals surface area contributed by atoms with E-state index in [-0.39, 0.29) is 0 Å². The third-order valence-electron chi connectivity index (χ3n) is 2.29. The van der Waals surface area contributed by atoms with E-state index in [4.69, 9.17) is 9.15 Å². The second kappa shape index (κ2) is 5.45. The number of aromatic nitrogens is 1. The Kier molecular flexibility index (Phi) is 3.72. The van der Waals surface area contributed by atoms with E-state index in [1.807, 2.05) is 25.1 Å². The van der Waals surface area contributed by atoms with Crippen molar-refractivity contribution in [2.24, 2.45) is 0 Å². The molecule has 0 unspecified atom stereocenters. The van der Waals surface area contributed by atoms with Gasteiger partial charge in [0.15, 0.2) is 0 Å². The van der Waals surface area contributed by atoms with Gasteiger partial charge in [0.2, 0.25) is 0 Å². The van der Waals surface area contributed by atoms with Crippen molar-refractivity contribution in [2.45, 2.75) is 6.92 Å². The van der Waals surface area contributed by atoms with E-state index in [0.717, 1.165) is 5.39 Å². The van der Waals surface area contributed by atoms with Gasteiger partial charge in [-0.25, -0.2) is 4.79 Å². The molecule has 0 bridgehead atoms. The lowest BCUT2D eigenvalue weighted by Crippen LogP contribution is -2.14. The Morgan fingerprint density at radius 3 is 3.06 bits per heavy atom. The molecular formula is C12H14N2O3. The molecule has 0 aliphatic heterocycles. The normalized spacial score (nSPS) is 10.6. The lowest BCUT2D eigenvalue weighted by Gasteiger charge is -2.07. The van der Waals surface area contributed by atoms with Gasteiger partial charge in [-0.1, -0.05) is 12.1 Å². The molecule has 2 rings (SSSR count). The summed E-state index contributed by atoms with van der Waals surface area (Å²) in [5.74, 6) is -0.0563. The van der Waals surface area contributed by atoms with E-state index in [2.05, 4.69) is 10.3 Å². The lowest BCUT2D eigenvalue weighted by molar-refractivity contribution is 0.158. The number of ether oxygens (including phenoxy) is 1. The first kappa shape index (κ1) is 11.6. The van der Waals surface area contributed by atoms with Crippen molar-refractivity contribution in [3.63, 3.8) is 0 Å². The van der Waals surface area contributed by atoms with Gasteiger partial charge in [0.25, 0.3) is 0 Å². The highest BCUT2D eigenvalue weighted by Crippen LogP contribution is 2.18. The Hall–Kier alpha value is -1.88. The number of anilines is 1. The van der Waals surface area contributed by atoms with Crippen LogP contribution in [0.3, 0.4) is 0 Å². The van der Waals surface area contributed by atoms with Crippen LogP contribution < -0.4 is 11.1 Å². The lowest BCUT2D eigenvalue weighted by atomic mass is 10.2. The highest BCUT2D eigenvalue weighted by molar-refractivity contribution is 5.87. The number of benzene rings is 1. The largest absolute Gasteiger partial charge is 0.441 e. The molecule has 17 heavy (non-hydrogen) atoms. The van der Waals surface area contributed by atoms with Gasteiger partial charge >= 0.3 is 5.76 Å². The second-order valence-corrected chi connectivity index (χ2v) is 3.45. The number of fused-ring (bicyclic) bond motifs is 1. The van der Waals surface area contributed by atoms with Crippen molar-refractivity contribution < 1.29 is 9.15 Å². The fraction of sp³-hybridized carbons (Fsp3) is 0.333. The Balaban J connectivity index is 2.23. The van der Waals surface area contributed by atoms with Crippen LogP contribution >= 0.6 is 0 Å². The van der Waals surface area contributed by atoms with E-state index in [9.17, 15) is 4.79 Å². The average Bonchev–Trinajstić information content (AvgIpc) is 2.34. The minimum absolute atomic E-state index is 0.534. The van der Waals surface area contributed by atoms with E-state index in [1.54, 1.807) is 6.07 Å². The monoisotopic (exact) mass is 234 g/mol. The number of nitrogens with zero attached hydrogens (tertiary/aromatic N) is 1. The quantitative estimate of drug-likeness (QED) is 0.797. The summed E-state index contributed by atoms with van der Waals surface area (Å²) in [4.78, 5) is 15.1. The van der Waals surface area contributed by atoms with Crippen LogP contribution in [0.5, 0.6) is 0 Å². The second-order valence-electron chi connectivity index (χ2n) is 3.45. The maximum absolute atomic E-state index is 11.2. The minimum Gasteiger partial charge on any atom is -0.408 e. The average molecular weight is 234 g/mol. The summed E-state index contributed by atoms with van der Waals surface area (Å²) >= 11 is 0. The number of rotatable bonds is 5. The summed E-state index contributed by atoms with van der Waals surface area (Å²) in [5, 5.41) is 3.86. The maximum atomic E-state index is 11.2. The van der Waals surface area contributed by atoms with Gasteiger partial charge in [-0.15, -0.1) is 0 Å². The molecular weight excluding hydrogens is 220 g/mol. The molecule has 1 heterocycles. The van der Waals surface area contributed by atoms with E-state index in [1.165, 1.54) is 0 Å². The molecule has 2 aromatic rings.